The van der Waals surface area contributed by atoms with E-state index in [9.17, 15) is 14.4 Å². The van der Waals surface area contributed by atoms with Crippen LogP contribution in [0.15, 0.2) is 30.5 Å². The molecule has 1 saturated heterocycles. The molecule has 0 aliphatic carbocycles. The summed E-state index contributed by atoms with van der Waals surface area (Å²) < 4.78 is 29.8. The third-order valence-corrected chi connectivity index (χ3v) is 5.06. The minimum atomic E-state index is -1.12. The number of rotatable bonds is 7. The first kappa shape index (κ1) is 23.9. The number of esters is 3. The Balaban J connectivity index is 1.78. The van der Waals surface area contributed by atoms with Crippen molar-refractivity contribution in [1.82, 2.24) is 15.0 Å². The molecule has 1 aliphatic heterocycles. The maximum atomic E-state index is 11.7. The van der Waals surface area contributed by atoms with Crippen molar-refractivity contribution < 1.29 is 38.1 Å². The van der Waals surface area contributed by atoms with Crippen molar-refractivity contribution in [2.45, 2.75) is 51.9 Å². The van der Waals surface area contributed by atoms with E-state index in [-0.39, 0.29) is 13.2 Å². The molecule has 3 rings (SSSR count). The molecule has 2 aromatic rings. The molecular formula is C20H22IN3O8. The minimum Gasteiger partial charge on any atom is -0.487 e. The van der Waals surface area contributed by atoms with E-state index in [4.69, 9.17) is 23.7 Å². The summed E-state index contributed by atoms with van der Waals surface area (Å²) in [4.78, 5) is 34.9. The van der Waals surface area contributed by atoms with Gasteiger partial charge in [0.05, 0.1) is 12.8 Å². The number of carbonyl (C=O) groups is 3. The monoisotopic (exact) mass is 559 g/mol. The van der Waals surface area contributed by atoms with Crippen molar-refractivity contribution in [2.24, 2.45) is 0 Å². The van der Waals surface area contributed by atoms with Gasteiger partial charge in [-0.05, 0) is 46.9 Å². The second-order valence-electron chi connectivity index (χ2n) is 6.95. The van der Waals surface area contributed by atoms with Crippen LogP contribution in [-0.4, -0.2) is 57.8 Å². The van der Waals surface area contributed by atoms with Gasteiger partial charge in [0.1, 0.15) is 18.1 Å². The molecule has 1 aromatic heterocycles. The summed E-state index contributed by atoms with van der Waals surface area (Å²) >= 11 is 2.20. The first-order valence-electron chi connectivity index (χ1n) is 9.65. The Bertz CT molecular complexity index is 964. The average Bonchev–Trinajstić information content (AvgIpc) is 3.18. The van der Waals surface area contributed by atoms with E-state index in [2.05, 4.69) is 32.9 Å². The molecule has 11 nitrogen and oxygen atoms in total. The Labute approximate surface area is 197 Å². The Morgan fingerprint density at radius 2 is 1.66 bits per heavy atom. The number of nitrogens with zero attached hydrogens (tertiary/aromatic N) is 3. The molecule has 172 valence electrons. The van der Waals surface area contributed by atoms with E-state index in [1.54, 1.807) is 6.20 Å². The summed E-state index contributed by atoms with van der Waals surface area (Å²) in [5.74, 6) is -1.18. The highest BCUT2D eigenvalue weighted by atomic mass is 127. The zero-order chi connectivity index (χ0) is 23.3. The molecule has 1 aliphatic rings. The molecule has 0 saturated carbocycles. The topological polar surface area (TPSA) is 128 Å². The largest absolute Gasteiger partial charge is 0.487 e. The smallest absolute Gasteiger partial charge is 0.303 e. The molecule has 0 radical (unpaired) electrons. The summed E-state index contributed by atoms with van der Waals surface area (Å²) in [7, 11) is 0. The normalized spacial score (nSPS) is 22.6. The van der Waals surface area contributed by atoms with Crippen molar-refractivity contribution in [1.29, 1.82) is 0 Å². The summed E-state index contributed by atoms with van der Waals surface area (Å²) in [6, 6.07) is 7.51. The predicted molar refractivity (Wildman–Crippen MR) is 115 cm³/mol. The van der Waals surface area contributed by atoms with Crippen molar-refractivity contribution in [3.63, 3.8) is 0 Å². The van der Waals surface area contributed by atoms with Crippen molar-refractivity contribution in [2.75, 3.05) is 6.61 Å². The van der Waals surface area contributed by atoms with Gasteiger partial charge in [0, 0.05) is 24.3 Å². The fourth-order valence-electron chi connectivity index (χ4n) is 3.14. The number of hydrogen-bond donors (Lipinski definition) is 0. The molecule has 4 atom stereocenters. The van der Waals surface area contributed by atoms with Gasteiger partial charge in [-0.2, -0.15) is 0 Å². The lowest BCUT2D eigenvalue weighted by Crippen LogP contribution is -2.55. The Morgan fingerprint density at radius 3 is 2.28 bits per heavy atom. The van der Waals surface area contributed by atoms with Crippen molar-refractivity contribution >= 4 is 40.5 Å². The summed E-state index contributed by atoms with van der Waals surface area (Å²) in [5, 5.41) is 8.11. The van der Waals surface area contributed by atoms with E-state index in [1.807, 2.05) is 24.3 Å². The summed E-state index contributed by atoms with van der Waals surface area (Å²) in [6.07, 6.45) is -2.56. The Hall–Kier alpha value is -2.74. The average molecular weight is 559 g/mol. The van der Waals surface area contributed by atoms with E-state index >= 15 is 0 Å². The van der Waals surface area contributed by atoms with Crippen molar-refractivity contribution in [3.8, 4) is 5.75 Å². The maximum Gasteiger partial charge on any atom is 0.303 e. The molecular weight excluding hydrogens is 537 g/mol. The van der Waals surface area contributed by atoms with Crippen LogP contribution in [0.2, 0.25) is 0 Å². The Morgan fingerprint density at radius 1 is 1.03 bits per heavy atom. The van der Waals surface area contributed by atoms with Crippen LogP contribution in [0.25, 0.3) is 0 Å². The van der Waals surface area contributed by atoms with E-state index in [0.29, 0.717) is 11.4 Å². The van der Waals surface area contributed by atoms with Gasteiger partial charge in [-0.1, -0.05) is 5.21 Å². The zero-order valence-electron chi connectivity index (χ0n) is 17.6. The third-order valence-electron chi connectivity index (χ3n) is 4.34. The van der Waals surface area contributed by atoms with Gasteiger partial charge in [-0.25, -0.2) is 4.68 Å². The molecule has 32 heavy (non-hydrogen) atoms. The van der Waals surface area contributed by atoms with E-state index < -0.39 is 42.4 Å². The molecule has 0 N–H and O–H groups in total. The molecule has 12 heteroatoms. The van der Waals surface area contributed by atoms with Crippen LogP contribution in [0, 0.1) is 3.57 Å². The first-order valence-corrected chi connectivity index (χ1v) is 10.7. The Kier molecular flexibility index (Phi) is 8.01. The van der Waals surface area contributed by atoms with Crippen LogP contribution < -0.4 is 4.74 Å². The minimum absolute atomic E-state index is 0.103. The van der Waals surface area contributed by atoms with Crippen LogP contribution in [-0.2, 0) is 39.9 Å². The highest BCUT2D eigenvalue weighted by molar-refractivity contribution is 14.1. The van der Waals surface area contributed by atoms with Crippen LogP contribution >= 0.6 is 22.6 Å². The summed E-state index contributed by atoms with van der Waals surface area (Å²) in [5.41, 5.74) is 0.500. The second kappa shape index (κ2) is 10.7. The van der Waals surface area contributed by atoms with Gasteiger partial charge in [0.25, 0.3) is 0 Å². The number of benzene rings is 1. The fourth-order valence-corrected chi connectivity index (χ4v) is 3.50. The van der Waals surface area contributed by atoms with Gasteiger partial charge in [-0.3, -0.25) is 14.4 Å². The zero-order valence-corrected chi connectivity index (χ0v) is 19.8. The van der Waals surface area contributed by atoms with Gasteiger partial charge < -0.3 is 23.7 Å². The predicted octanol–water partition coefficient (Wildman–Crippen LogP) is 1.79. The van der Waals surface area contributed by atoms with E-state index in [1.165, 1.54) is 25.5 Å². The lowest BCUT2D eigenvalue weighted by atomic mass is 10.0. The molecule has 1 fully saturated rings. The lowest BCUT2D eigenvalue weighted by molar-refractivity contribution is -0.241. The molecule has 0 amide bonds. The standard InChI is InChI=1S/C20H22IN3O8/c1-11(25)30-17-10-29-20(19(32-13(3)27)18(17)31-12(2)26)24-8-15(22-23-24)9-28-16-6-4-14(21)5-7-16/h4-8,17-20H,9-10H2,1-3H3/t17-,18+,19-,20-/m1/s1. The SMILES string of the molecule is CC(=O)O[C@@H]1[C@@H](OC(C)=O)[C@H](OC(C)=O)CO[C@H]1n1cc(COc2ccc(I)cc2)nn1. The number of aromatic nitrogens is 3. The molecule has 0 spiro atoms. The molecule has 1 aromatic carbocycles. The highest BCUT2D eigenvalue weighted by Gasteiger charge is 2.48. The molecule has 2 heterocycles. The maximum absolute atomic E-state index is 11.7. The number of ether oxygens (including phenoxy) is 5. The van der Waals surface area contributed by atoms with Gasteiger partial charge >= 0.3 is 17.9 Å². The van der Waals surface area contributed by atoms with Crippen LogP contribution in [0.4, 0.5) is 0 Å². The number of carbonyl (C=O) groups excluding carboxylic acids is 3. The highest BCUT2D eigenvalue weighted by Crippen LogP contribution is 2.30. The van der Waals surface area contributed by atoms with Crippen molar-refractivity contribution in [3.05, 3.63) is 39.7 Å². The van der Waals surface area contributed by atoms with Gasteiger partial charge in [0.2, 0.25) is 0 Å². The van der Waals surface area contributed by atoms with Gasteiger partial charge in [-0.15, -0.1) is 5.10 Å². The van der Waals surface area contributed by atoms with Crippen LogP contribution in [0.3, 0.4) is 0 Å². The second-order valence-corrected chi connectivity index (χ2v) is 8.20. The molecule has 0 unspecified atom stereocenters. The quantitative estimate of drug-likeness (QED) is 0.281. The van der Waals surface area contributed by atoms with Crippen LogP contribution in [0.1, 0.15) is 32.7 Å². The third kappa shape index (κ3) is 6.38. The fraction of sp³-hybridized carbons (Fsp3) is 0.450. The molecule has 0 bridgehead atoms. The van der Waals surface area contributed by atoms with Gasteiger partial charge in [0.15, 0.2) is 24.5 Å². The number of halogens is 1. The van der Waals surface area contributed by atoms with Crippen LogP contribution in [0.5, 0.6) is 5.75 Å². The summed E-state index contributed by atoms with van der Waals surface area (Å²) in [6.45, 7) is 3.67. The lowest BCUT2D eigenvalue weighted by Gasteiger charge is -2.40. The van der Waals surface area contributed by atoms with E-state index in [0.717, 1.165) is 3.57 Å². The number of hydrogen-bond acceptors (Lipinski definition) is 10. The first-order chi connectivity index (χ1) is 15.2.